The van der Waals surface area contributed by atoms with Crippen LogP contribution in [0.15, 0.2) is 24.3 Å². The van der Waals surface area contributed by atoms with E-state index in [1.54, 1.807) is 16.8 Å². The molecule has 0 aliphatic rings. The lowest BCUT2D eigenvalue weighted by molar-refractivity contribution is -0.129. The molecule has 2 aromatic rings. The van der Waals surface area contributed by atoms with E-state index in [4.69, 9.17) is 10.9 Å². The van der Waals surface area contributed by atoms with Gasteiger partial charge in [0.2, 0.25) is 11.8 Å². The molecular weight excluding hydrogens is 302 g/mol. The standard InChI is InChI=1S/C15H19N3O3S/c16-13(19)9-10(5-1-4-8-14(20)18-21)15-17-11-6-2-3-7-12(11)22-15/h2-3,6-7,10,21H,1,4-5,8-9H2,(H2,16,19)(H,18,20). The fourth-order valence-corrected chi connectivity index (χ4v) is 3.45. The number of nitrogens with two attached hydrogens (primary N) is 1. The third-order valence-electron chi connectivity index (χ3n) is 3.44. The Balaban J connectivity index is 2.02. The van der Waals surface area contributed by atoms with E-state index < -0.39 is 5.91 Å². The van der Waals surface area contributed by atoms with Crippen LogP contribution in [0.3, 0.4) is 0 Å². The number of hydrogen-bond donors (Lipinski definition) is 3. The molecule has 118 valence electrons. The number of rotatable bonds is 8. The lowest BCUT2D eigenvalue weighted by Crippen LogP contribution is -2.18. The molecule has 1 aromatic carbocycles. The Morgan fingerprint density at radius 2 is 2.09 bits per heavy atom. The van der Waals surface area contributed by atoms with Gasteiger partial charge in [-0.05, 0) is 25.0 Å². The van der Waals surface area contributed by atoms with Crippen LogP contribution >= 0.6 is 11.3 Å². The summed E-state index contributed by atoms with van der Waals surface area (Å²) in [5, 5.41) is 9.36. The summed E-state index contributed by atoms with van der Waals surface area (Å²) in [5.74, 6) is -0.768. The molecule has 1 heterocycles. The molecule has 0 saturated heterocycles. The van der Waals surface area contributed by atoms with Gasteiger partial charge in [-0.1, -0.05) is 18.6 Å². The molecule has 0 aliphatic heterocycles. The van der Waals surface area contributed by atoms with Crippen LogP contribution in [0, 0.1) is 0 Å². The monoisotopic (exact) mass is 321 g/mol. The summed E-state index contributed by atoms with van der Waals surface area (Å²) in [6.07, 6.45) is 2.67. The van der Waals surface area contributed by atoms with E-state index in [1.807, 2.05) is 24.3 Å². The third kappa shape index (κ3) is 4.51. The van der Waals surface area contributed by atoms with E-state index in [-0.39, 0.29) is 24.7 Å². The maximum atomic E-state index is 11.3. The van der Waals surface area contributed by atoms with Crippen LogP contribution in [0.2, 0.25) is 0 Å². The zero-order chi connectivity index (χ0) is 15.9. The number of hydroxylamine groups is 1. The van der Waals surface area contributed by atoms with Crippen molar-refractivity contribution in [1.29, 1.82) is 0 Å². The number of unbranched alkanes of at least 4 members (excludes halogenated alkanes) is 1. The molecule has 22 heavy (non-hydrogen) atoms. The Hall–Kier alpha value is -1.99. The van der Waals surface area contributed by atoms with Gasteiger partial charge in [-0.2, -0.15) is 0 Å². The lowest BCUT2D eigenvalue weighted by Gasteiger charge is -2.12. The number of benzene rings is 1. The molecule has 0 fully saturated rings. The van der Waals surface area contributed by atoms with Crippen LogP contribution in [0.5, 0.6) is 0 Å². The minimum Gasteiger partial charge on any atom is -0.370 e. The van der Waals surface area contributed by atoms with Crippen molar-refractivity contribution in [2.24, 2.45) is 5.73 Å². The molecule has 6 nitrogen and oxygen atoms in total. The lowest BCUT2D eigenvalue weighted by atomic mass is 9.98. The van der Waals surface area contributed by atoms with Gasteiger partial charge in [0, 0.05) is 18.8 Å². The summed E-state index contributed by atoms with van der Waals surface area (Å²) >= 11 is 1.58. The maximum absolute atomic E-state index is 11.3. The van der Waals surface area contributed by atoms with Gasteiger partial charge in [0.25, 0.3) is 0 Å². The topological polar surface area (TPSA) is 105 Å². The SMILES string of the molecule is NC(=O)CC(CCCCC(=O)NO)c1nc2ccccc2s1. The Morgan fingerprint density at radius 3 is 2.77 bits per heavy atom. The molecule has 2 rings (SSSR count). The van der Waals surface area contributed by atoms with Crippen molar-refractivity contribution in [1.82, 2.24) is 10.5 Å². The number of primary amides is 1. The number of thiazole rings is 1. The number of para-hydroxylation sites is 1. The van der Waals surface area contributed by atoms with Crippen molar-refractivity contribution in [3.05, 3.63) is 29.3 Å². The molecule has 7 heteroatoms. The van der Waals surface area contributed by atoms with Crippen molar-refractivity contribution >= 4 is 33.4 Å². The van der Waals surface area contributed by atoms with E-state index >= 15 is 0 Å². The molecule has 1 aromatic heterocycles. The highest BCUT2D eigenvalue weighted by Crippen LogP contribution is 2.32. The summed E-state index contributed by atoms with van der Waals surface area (Å²) < 4.78 is 1.09. The van der Waals surface area contributed by atoms with Gasteiger partial charge in [0.05, 0.1) is 15.2 Å². The second-order valence-electron chi connectivity index (χ2n) is 5.17. The molecule has 0 spiro atoms. The van der Waals surface area contributed by atoms with E-state index in [0.29, 0.717) is 6.42 Å². The predicted molar refractivity (Wildman–Crippen MR) is 84.6 cm³/mol. The fraction of sp³-hybridized carbons (Fsp3) is 0.400. The number of aromatic nitrogens is 1. The average Bonchev–Trinajstić information content (AvgIpc) is 2.93. The van der Waals surface area contributed by atoms with Crippen molar-refractivity contribution in [3.63, 3.8) is 0 Å². The highest BCUT2D eigenvalue weighted by atomic mass is 32.1. The summed E-state index contributed by atoms with van der Waals surface area (Å²) in [7, 11) is 0. The van der Waals surface area contributed by atoms with Gasteiger partial charge in [0.1, 0.15) is 0 Å². The number of carbonyl (C=O) groups is 2. The average molecular weight is 321 g/mol. The summed E-state index contributed by atoms with van der Waals surface area (Å²) in [6, 6.07) is 7.84. The van der Waals surface area contributed by atoms with Gasteiger partial charge in [-0.3, -0.25) is 14.8 Å². The Labute approximate surface area is 132 Å². The largest absolute Gasteiger partial charge is 0.370 e. The van der Waals surface area contributed by atoms with Gasteiger partial charge >= 0.3 is 0 Å². The molecule has 0 aliphatic carbocycles. The van der Waals surface area contributed by atoms with Crippen LogP contribution in [0.1, 0.15) is 43.0 Å². The van der Waals surface area contributed by atoms with E-state index in [0.717, 1.165) is 28.1 Å². The number of carbonyl (C=O) groups excluding carboxylic acids is 2. The highest BCUT2D eigenvalue weighted by molar-refractivity contribution is 7.18. The minimum atomic E-state index is -0.397. The first-order valence-corrected chi connectivity index (χ1v) is 7.98. The Kier molecular flexibility index (Phi) is 5.85. The second kappa shape index (κ2) is 7.86. The zero-order valence-electron chi connectivity index (χ0n) is 12.1. The Bertz CT molecular complexity index is 623. The molecular formula is C15H19N3O3S. The molecule has 0 radical (unpaired) electrons. The maximum Gasteiger partial charge on any atom is 0.243 e. The van der Waals surface area contributed by atoms with Crippen LogP contribution in [0.4, 0.5) is 0 Å². The van der Waals surface area contributed by atoms with Crippen LogP contribution in [0.25, 0.3) is 10.2 Å². The molecule has 0 bridgehead atoms. The first-order valence-electron chi connectivity index (χ1n) is 7.17. The number of nitrogens with one attached hydrogen (secondary N) is 1. The number of fused-ring (bicyclic) bond motifs is 1. The van der Waals surface area contributed by atoms with E-state index in [9.17, 15) is 9.59 Å². The quantitative estimate of drug-likeness (QED) is 0.394. The number of amides is 2. The zero-order valence-corrected chi connectivity index (χ0v) is 12.9. The highest BCUT2D eigenvalue weighted by Gasteiger charge is 2.18. The van der Waals surface area contributed by atoms with Crippen LogP contribution in [-0.2, 0) is 9.59 Å². The van der Waals surface area contributed by atoms with Crippen LogP contribution < -0.4 is 11.2 Å². The number of nitrogens with zero attached hydrogens (tertiary/aromatic N) is 1. The van der Waals surface area contributed by atoms with Gasteiger partial charge < -0.3 is 5.73 Å². The van der Waals surface area contributed by atoms with E-state index in [2.05, 4.69) is 4.98 Å². The first-order chi connectivity index (χ1) is 10.6. The molecule has 0 saturated carbocycles. The van der Waals surface area contributed by atoms with Crippen molar-refractivity contribution < 1.29 is 14.8 Å². The molecule has 1 unspecified atom stereocenters. The summed E-state index contributed by atoms with van der Waals surface area (Å²) in [6.45, 7) is 0. The molecule has 2 amide bonds. The normalized spacial score (nSPS) is 12.2. The van der Waals surface area contributed by atoms with E-state index in [1.165, 1.54) is 0 Å². The van der Waals surface area contributed by atoms with Crippen LogP contribution in [-0.4, -0.2) is 22.0 Å². The smallest absolute Gasteiger partial charge is 0.243 e. The fourth-order valence-electron chi connectivity index (χ4n) is 2.35. The third-order valence-corrected chi connectivity index (χ3v) is 4.64. The Morgan fingerprint density at radius 1 is 1.32 bits per heavy atom. The van der Waals surface area contributed by atoms with Crippen molar-refractivity contribution in [3.8, 4) is 0 Å². The summed E-state index contributed by atoms with van der Waals surface area (Å²) in [4.78, 5) is 26.9. The van der Waals surface area contributed by atoms with Crippen molar-refractivity contribution in [2.45, 2.75) is 38.0 Å². The molecule has 4 N–H and O–H groups in total. The van der Waals surface area contributed by atoms with Crippen molar-refractivity contribution in [2.75, 3.05) is 0 Å². The van der Waals surface area contributed by atoms with Gasteiger partial charge in [0.15, 0.2) is 0 Å². The predicted octanol–water partition coefficient (Wildman–Crippen LogP) is 2.32. The minimum absolute atomic E-state index is 0.0212. The summed E-state index contributed by atoms with van der Waals surface area (Å²) in [5.41, 5.74) is 7.88. The second-order valence-corrected chi connectivity index (χ2v) is 6.23. The first kappa shape index (κ1) is 16.4. The molecule has 1 atom stereocenters. The number of hydrogen-bond acceptors (Lipinski definition) is 5. The van der Waals surface area contributed by atoms with Gasteiger partial charge in [-0.15, -0.1) is 11.3 Å². The van der Waals surface area contributed by atoms with Gasteiger partial charge in [-0.25, -0.2) is 10.5 Å².